The second-order valence-corrected chi connectivity index (χ2v) is 8.80. The number of ether oxygens (including phenoxy) is 2. The first-order valence-electron chi connectivity index (χ1n) is 5.85. The van der Waals surface area contributed by atoms with Crippen molar-refractivity contribution in [2.24, 2.45) is 35.5 Å². The second kappa shape index (κ2) is 1.72. The minimum absolute atomic E-state index is 0.205. The van der Waals surface area contributed by atoms with Crippen LogP contribution in [-0.4, -0.2) is 27.6 Å². The lowest BCUT2D eigenvalue weighted by atomic mass is 9.20. The molecule has 1 saturated heterocycles. The highest BCUT2D eigenvalue weighted by Gasteiger charge is 3.08. The van der Waals surface area contributed by atoms with E-state index in [1.54, 1.807) is 0 Å². The van der Waals surface area contributed by atoms with Gasteiger partial charge in [-0.05, 0) is 29.6 Å². The minimum atomic E-state index is -0.220. The Kier molecular flexibility index (Phi) is 0.922. The zero-order valence-electron chi connectivity index (χ0n) is 7.95. The Hall–Kier alpha value is 0.880. The molecule has 1 spiro atoms. The van der Waals surface area contributed by atoms with Gasteiger partial charge in [0.1, 0.15) is 0 Å². The minimum Gasteiger partial charge on any atom is -0.346 e. The van der Waals surface area contributed by atoms with Crippen molar-refractivity contribution in [2.75, 3.05) is 13.2 Å². The quantitative estimate of drug-likeness (QED) is 0.629. The highest BCUT2D eigenvalue weighted by atomic mass is 79.9. The maximum Gasteiger partial charge on any atom is 0.187 e. The van der Waals surface area contributed by atoms with Crippen molar-refractivity contribution in [1.82, 2.24) is 0 Å². The molecule has 7 aliphatic rings. The van der Waals surface area contributed by atoms with Crippen LogP contribution in [0.25, 0.3) is 0 Å². The van der Waals surface area contributed by atoms with Gasteiger partial charge in [-0.15, -0.1) is 0 Å². The smallest absolute Gasteiger partial charge is 0.187 e. The molecule has 7 rings (SSSR count). The summed E-state index contributed by atoms with van der Waals surface area (Å²) in [6.07, 6.45) is 0. The number of rotatable bonds is 0. The van der Waals surface area contributed by atoms with Gasteiger partial charge < -0.3 is 9.47 Å². The molecule has 6 saturated carbocycles. The van der Waals surface area contributed by atoms with E-state index in [1.807, 2.05) is 0 Å². The van der Waals surface area contributed by atoms with Crippen molar-refractivity contribution in [3.8, 4) is 0 Å². The fraction of sp³-hybridized carbons (Fsp3) is 1.00. The molecule has 1 heterocycles. The molecule has 6 aliphatic carbocycles. The first kappa shape index (κ1) is 8.06. The van der Waals surface area contributed by atoms with Crippen molar-refractivity contribution < 1.29 is 9.47 Å². The zero-order chi connectivity index (χ0) is 9.79. The summed E-state index contributed by atoms with van der Waals surface area (Å²) in [6, 6.07) is 0. The fourth-order valence-corrected chi connectivity index (χ4v) is 9.83. The number of alkyl halides is 2. The van der Waals surface area contributed by atoms with E-state index in [1.165, 1.54) is 0 Å². The number of hydrogen-bond acceptors (Lipinski definition) is 2. The molecule has 4 heteroatoms. The Morgan fingerprint density at radius 2 is 1.33 bits per heavy atom. The van der Waals surface area contributed by atoms with E-state index in [0.29, 0.717) is 10.2 Å². The third-order valence-corrected chi connectivity index (χ3v) is 9.71. The summed E-state index contributed by atoms with van der Waals surface area (Å²) in [7, 11) is 0. The molecule has 0 aromatic rings. The van der Waals surface area contributed by atoms with E-state index < -0.39 is 0 Å². The fourth-order valence-electron chi connectivity index (χ4n) is 6.49. The van der Waals surface area contributed by atoms with Gasteiger partial charge in [-0.1, -0.05) is 31.9 Å². The van der Waals surface area contributed by atoms with Crippen LogP contribution in [0.15, 0.2) is 0 Å². The van der Waals surface area contributed by atoms with Crippen LogP contribution < -0.4 is 0 Å². The SMILES string of the molecule is BrC12C3[C@H]4[C@H]1C1[C@H]2[C@H]3C4(Br)C12OCCO2. The van der Waals surface area contributed by atoms with Crippen LogP contribution in [0.3, 0.4) is 0 Å². The predicted molar refractivity (Wildman–Crippen MR) is 58.9 cm³/mol. The van der Waals surface area contributed by atoms with E-state index in [-0.39, 0.29) is 10.1 Å². The molecule has 0 radical (unpaired) electrons. The molecule has 0 aromatic heterocycles. The van der Waals surface area contributed by atoms with Crippen LogP contribution in [0.1, 0.15) is 0 Å². The van der Waals surface area contributed by atoms with E-state index in [9.17, 15) is 0 Å². The first-order chi connectivity index (χ1) is 7.19. The molecular weight excluding hydrogens is 324 g/mol. The monoisotopic (exact) mass is 332 g/mol. The summed E-state index contributed by atoms with van der Waals surface area (Å²) in [6.45, 7) is 1.59. The summed E-state index contributed by atoms with van der Waals surface area (Å²) >= 11 is 8.02. The zero-order valence-corrected chi connectivity index (χ0v) is 11.1. The average molecular weight is 334 g/mol. The molecule has 4 unspecified atom stereocenters. The van der Waals surface area contributed by atoms with Crippen LogP contribution in [0.2, 0.25) is 0 Å². The summed E-state index contributed by atoms with van der Waals surface area (Å²) in [5, 5.41) is 0. The van der Waals surface area contributed by atoms with Gasteiger partial charge in [-0.25, -0.2) is 0 Å². The molecule has 0 N–H and O–H groups in total. The van der Waals surface area contributed by atoms with Crippen molar-refractivity contribution in [3.05, 3.63) is 0 Å². The molecule has 1 aliphatic heterocycles. The van der Waals surface area contributed by atoms with E-state index in [2.05, 4.69) is 31.9 Å². The Balaban J connectivity index is 1.65. The van der Waals surface area contributed by atoms with Gasteiger partial charge in [0.25, 0.3) is 0 Å². The molecular formula is C11H10Br2O2. The molecule has 2 bridgehead atoms. The highest BCUT2D eigenvalue weighted by Crippen LogP contribution is 3.03. The van der Waals surface area contributed by atoms with Gasteiger partial charge in [-0.3, -0.25) is 0 Å². The van der Waals surface area contributed by atoms with Gasteiger partial charge >= 0.3 is 0 Å². The van der Waals surface area contributed by atoms with Crippen LogP contribution in [0, 0.1) is 35.5 Å². The summed E-state index contributed by atoms with van der Waals surface area (Å²) < 4.78 is 12.9. The lowest BCUT2D eigenvalue weighted by Crippen LogP contribution is -2.93. The van der Waals surface area contributed by atoms with Gasteiger partial charge in [0.15, 0.2) is 5.79 Å². The van der Waals surface area contributed by atoms with E-state index in [4.69, 9.17) is 9.47 Å². The Bertz CT molecular complexity index is 410. The largest absolute Gasteiger partial charge is 0.346 e. The topological polar surface area (TPSA) is 18.5 Å². The van der Waals surface area contributed by atoms with Gasteiger partial charge in [0.05, 0.1) is 17.5 Å². The summed E-state index contributed by atoms with van der Waals surface area (Å²) in [4.78, 5) is 0. The Morgan fingerprint density at radius 1 is 0.800 bits per heavy atom. The number of halogens is 2. The molecule has 7 fully saturated rings. The maximum atomic E-state index is 6.06. The lowest BCUT2D eigenvalue weighted by molar-refractivity contribution is -0.337. The van der Waals surface area contributed by atoms with Crippen molar-refractivity contribution >= 4 is 31.9 Å². The second-order valence-electron chi connectivity index (χ2n) is 6.11. The highest BCUT2D eigenvalue weighted by molar-refractivity contribution is 9.10. The summed E-state index contributed by atoms with van der Waals surface area (Å²) in [5.41, 5.74) is 0. The first-order valence-corrected chi connectivity index (χ1v) is 7.43. The van der Waals surface area contributed by atoms with Gasteiger partial charge in [-0.2, -0.15) is 0 Å². The van der Waals surface area contributed by atoms with Crippen LogP contribution in [0.4, 0.5) is 0 Å². The third-order valence-electron chi connectivity index (χ3n) is 6.51. The van der Waals surface area contributed by atoms with Crippen LogP contribution in [0.5, 0.6) is 0 Å². The van der Waals surface area contributed by atoms with Crippen LogP contribution in [-0.2, 0) is 9.47 Å². The Labute approximate surface area is 104 Å². The third kappa shape index (κ3) is 0.397. The summed E-state index contributed by atoms with van der Waals surface area (Å²) in [5.74, 6) is 4.78. The lowest BCUT2D eigenvalue weighted by Gasteiger charge is -2.89. The van der Waals surface area contributed by atoms with Crippen molar-refractivity contribution in [1.29, 1.82) is 0 Å². The molecule has 15 heavy (non-hydrogen) atoms. The Morgan fingerprint density at radius 3 is 1.87 bits per heavy atom. The molecule has 80 valence electrons. The molecule has 0 amide bonds. The van der Waals surface area contributed by atoms with Crippen LogP contribution >= 0.6 is 31.9 Å². The van der Waals surface area contributed by atoms with E-state index >= 15 is 0 Å². The standard InChI is InChI=1S/C11H10Br2O2/c12-9-3-6-4(9)8-5(9)7(3)10(6,13)11(8)14-1-2-15-11/h3-8H,1-2H2/t3?,4-,5+,6-,7-,8?,9?,10?/m0/s1. The predicted octanol–water partition coefficient (Wildman–Crippen LogP) is 1.76. The normalized spacial score (nSPS) is 82.0. The van der Waals surface area contributed by atoms with Gasteiger partial charge in [0.2, 0.25) is 0 Å². The van der Waals surface area contributed by atoms with E-state index in [0.717, 1.165) is 42.8 Å². The van der Waals surface area contributed by atoms with Crippen molar-refractivity contribution in [2.45, 2.75) is 14.4 Å². The van der Waals surface area contributed by atoms with Gasteiger partial charge in [0, 0.05) is 10.2 Å². The van der Waals surface area contributed by atoms with Crippen molar-refractivity contribution in [3.63, 3.8) is 0 Å². The maximum absolute atomic E-state index is 6.06. The molecule has 8 atom stereocenters. The average Bonchev–Trinajstić information content (AvgIpc) is 2.78. The molecule has 2 nitrogen and oxygen atoms in total. The molecule has 0 aromatic carbocycles. The number of hydrogen-bond donors (Lipinski definition) is 0.